The Balaban J connectivity index is 1.77. The van der Waals surface area contributed by atoms with Crippen LogP contribution >= 0.6 is 0 Å². The number of H-pyrrole nitrogens is 1. The van der Waals surface area contributed by atoms with Crippen LogP contribution in [0.1, 0.15) is 17.3 Å². The number of anilines is 1. The molecule has 4 aromatic rings. The van der Waals surface area contributed by atoms with Crippen molar-refractivity contribution in [2.75, 3.05) is 11.9 Å². The van der Waals surface area contributed by atoms with Gasteiger partial charge in [0.2, 0.25) is 0 Å². The van der Waals surface area contributed by atoms with Gasteiger partial charge in [0.05, 0.1) is 34.5 Å². The van der Waals surface area contributed by atoms with Crippen molar-refractivity contribution in [3.05, 3.63) is 88.3 Å². The molecule has 0 aliphatic heterocycles. The number of pyridine rings is 2. The molecule has 0 unspecified atom stereocenters. The van der Waals surface area contributed by atoms with Gasteiger partial charge in [0.25, 0.3) is 0 Å². The molecule has 0 fully saturated rings. The van der Waals surface area contributed by atoms with E-state index < -0.39 is 34.5 Å². The van der Waals surface area contributed by atoms with E-state index in [1.165, 1.54) is 42.7 Å². The van der Waals surface area contributed by atoms with E-state index in [1.807, 2.05) is 0 Å². The minimum absolute atomic E-state index is 0.0653. The number of hydrogen-bond donors (Lipinski definition) is 2. The number of benzene rings is 2. The van der Waals surface area contributed by atoms with Gasteiger partial charge in [0.15, 0.2) is 17.1 Å². The molecule has 8 nitrogen and oxygen atoms in total. The molecule has 0 saturated carbocycles. The molecule has 2 aromatic carbocycles. The molecule has 0 saturated heterocycles. The highest BCUT2D eigenvalue weighted by molar-refractivity contribution is 5.94. The van der Waals surface area contributed by atoms with E-state index in [0.29, 0.717) is 5.56 Å². The summed E-state index contributed by atoms with van der Waals surface area (Å²) in [5.74, 6) is -2.97. The van der Waals surface area contributed by atoms with Crippen molar-refractivity contribution >= 4 is 28.7 Å². The van der Waals surface area contributed by atoms with Crippen molar-refractivity contribution in [3.8, 4) is 17.0 Å². The van der Waals surface area contributed by atoms with Gasteiger partial charge in [-0.1, -0.05) is 0 Å². The Morgan fingerprint density at radius 3 is 2.68 bits per heavy atom. The van der Waals surface area contributed by atoms with E-state index >= 15 is 0 Å². The van der Waals surface area contributed by atoms with Crippen LogP contribution in [0.4, 0.5) is 19.3 Å². The summed E-state index contributed by atoms with van der Waals surface area (Å²) in [5, 5.41) is 2.11. The maximum Gasteiger partial charge on any atom is 0.411 e. The second-order valence-corrected chi connectivity index (χ2v) is 7.02. The highest BCUT2D eigenvalue weighted by Gasteiger charge is 2.17. The van der Waals surface area contributed by atoms with Crippen LogP contribution in [0.5, 0.6) is 5.75 Å². The van der Waals surface area contributed by atoms with Crippen LogP contribution in [-0.2, 0) is 4.74 Å². The molecule has 0 atom stereocenters. The molecular formula is C24H17F2N3O5. The fraction of sp³-hybridized carbons (Fsp3) is 0.0833. The summed E-state index contributed by atoms with van der Waals surface area (Å²) in [7, 11) is 0. The third-order valence-corrected chi connectivity index (χ3v) is 4.79. The Bertz CT molecular complexity index is 1450. The third-order valence-electron chi connectivity index (χ3n) is 4.79. The lowest BCUT2D eigenvalue weighted by Gasteiger charge is -2.14. The van der Waals surface area contributed by atoms with Crippen LogP contribution in [0.25, 0.3) is 22.2 Å². The van der Waals surface area contributed by atoms with Crippen molar-refractivity contribution in [1.82, 2.24) is 9.97 Å². The highest BCUT2D eigenvalue weighted by atomic mass is 19.2. The van der Waals surface area contributed by atoms with Crippen molar-refractivity contribution in [2.45, 2.75) is 6.92 Å². The maximum absolute atomic E-state index is 14.1. The standard InChI is InChI=1S/C24H17F2N3O5/c1-2-33-24(32)29-18-10-14(34-23(31)13-4-3-9-27-12-13)5-6-15(18)19-11-20(30)21-17(28-19)8-7-16(25)22(21)26/h3-12H,2H2,1H3,(H,28,30)(H,29,32). The molecule has 2 N–H and O–H groups in total. The molecule has 0 spiro atoms. The summed E-state index contributed by atoms with van der Waals surface area (Å²) in [6.45, 7) is 1.73. The number of esters is 1. The topological polar surface area (TPSA) is 110 Å². The Labute approximate surface area is 191 Å². The SMILES string of the molecule is CCOC(=O)Nc1cc(OC(=O)c2cccnc2)ccc1-c1cc(=O)c2c(F)c(F)ccc2[nH]1. The van der Waals surface area contributed by atoms with Crippen molar-refractivity contribution in [3.63, 3.8) is 0 Å². The fourth-order valence-corrected chi connectivity index (χ4v) is 3.28. The molecule has 2 aromatic heterocycles. The molecule has 0 aliphatic carbocycles. The number of aromatic amines is 1. The molecule has 34 heavy (non-hydrogen) atoms. The van der Waals surface area contributed by atoms with Crippen molar-refractivity contribution in [1.29, 1.82) is 0 Å². The van der Waals surface area contributed by atoms with Crippen LogP contribution in [0.3, 0.4) is 0 Å². The van der Waals surface area contributed by atoms with E-state index in [9.17, 15) is 23.2 Å². The number of aromatic nitrogens is 2. The number of rotatable bonds is 5. The number of fused-ring (bicyclic) bond motifs is 1. The molecule has 0 radical (unpaired) electrons. The molecule has 10 heteroatoms. The van der Waals surface area contributed by atoms with Gasteiger partial charge in [-0.3, -0.25) is 15.1 Å². The average molecular weight is 465 g/mol. The summed E-state index contributed by atoms with van der Waals surface area (Å²) in [6, 6.07) is 10.6. The van der Waals surface area contributed by atoms with E-state index in [-0.39, 0.29) is 34.8 Å². The van der Waals surface area contributed by atoms with Gasteiger partial charge in [-0.15, -0.1) is 0 Å². The first-order chi connectivity index (χ1) is 16.4. The van der Waals surface area contributed by atoms with Crippen molar-refractivity contribution < 1.29 is 27.8 Å². The Morgan fingerprint density at radius 1 is 1.12 bits per heavy atom. The molecule has 4 rings (SSSR count). The lowest BCUT2D eigenvalue weighted by molar-refractivity contribution is 0.0734. The number of nitrogens with one attached hydrogen (secondary N) is 2. The summed E-state index contributed by atoms with van der Waals surface area (Å²) in [4.78, 5) is 43.7. The van der Waals surface area contributed by atoms with Crippen LogP contribution < -0.4 is 15.5 Å². The number of hydrogen-bond acceptors (Lipinski definition) is 6. The maximum atomic E-state index is 14.1. The Kier molecular flexibility index (Phi) is 6.30. The smallest absolute Gasteiger partial charge is 0.411 e. The lowest BCUT2D eigenvalue weighted by Crippen LogP contribution is -2.15. The first kappa shape index (κ1) is 22.6. The second kappa shape index (κ2) is 9.49. The average Bonchev–Trinajstić information content (AvgIpc) is 2.82. The van der Waals surface area contributed by atoms with Gasteiger partial charge in [-0.25, -0.2) is 18.4 Å². The first-order valence-electron chi connectivity index (χ1n) is 10.1. The minimum atomic E-state index is -1.26. The predicted molar refractivity (Wildman–Crippen MR) is 120 cm³/mol. The largest absolute Gasteiger partial charge is 0.450 e. The molecule has 0 aliphatic rings. The van der Waals surface area contributed by atoms with Crippen molar-refractivity contribution in [2.24, 2.45) is 0 Å². The second-order valence-electron chi connectivity index (χ2n) is 7.02. The lowest BCUT2D eigenvalue weighted by atomic mass is 10.1. The normalized spacial score (nSPS) is 10.7. The molecular weight excluding hydrogens is 448 g/mol. The molecule has 1 amide bonds. The van der Waals surface area contributed by atoms with E-state index in [2.05, 4.69) is 15.3 Å². The van der Waals surface area contributed by atoms with Crippen LogP contribution in [-0.4, -0.2) is 28.6 Å². The monoisotopic (exact) mass is 465 g/mol. The van der Waals surface area contributed by atoms with Gasteiger partial charge in [0, 0.05) is 30.1 Å². The number of carbonyl (C=O) groups excluding carboxylic acids is 2. The summed E-state index contributed by atoms with van der Waals surface area (Å²) >= 11 is 0. The minimum Gasteiger partial charge on any atom is -0.450 e. The predicted octanol–water partition coefficient (Wildman–Crippen LogP) is 4.66. The van der Waals surface area contributed by atoms with Crippen LogP contribution in [0, 0.1) is 11.6 Å². The molecule has 2 heterocycles. The summed E-state index contributed by atoms with van der Waals surface area (Å²) in [5.41, 5.74) is 0.205. The zero-order valence-electron chi connectivity index (χ0n) is 17.7. The van der Waals surface area contributed by atoms with E-state index in [1.54, 1.807) is 13.0 Å². The van der Waals surface area contributed by atoms with Gasteiger partial charge in [-0.05, 0) is 43.3 Å². The number of nitrogens with zero attached hydrogens (tertiary/aromatic N) is 1. The zero-order valence-corrected chi connectivity index (χ0v) is 17.7. The quantitative estimate of drug-likeness (QED) is 0.328. The zero-order chi connectivity index (χ0) is 24.2. The Morgan fingerprint density at radius 2 is 1.94 bits per heavy atom. The fourth-order valence-electron chi connectivity index (χ4n) is 3.28. The highest BCUT2D eigenvalue weighted by Crippen LogP contribution is 2.32. The Hall–Kier alpha value is -4.60. The number of amides is 1. The number of carbonyl (C=O) groups is 2. The van der Waals surface area contributed by atoms with Gasteiger partial charge >= 0.3 is 12.1 Å². The van der Waals surface area contributed by atoms with E-state index in [0.717, 1.165) is 12.1 Å². The third kappa shape index (κ3) is 4.60. The van der Waals surface area contributed by atoms with Crippen LogP contribution in [0.2, 0.25) is 0 Å². The van der Waals surface area contributed by atoms with Gasteiger partial charge in [0.1, 0.15) is 5.75 Å². The number of ether oxygens (including phenoxy) is 2. The van der Waals surface area contributed by atoms with E-state index in [4.69, 9.17) is 9.47 Å². The number of halogens is 2. The van der Waals surface area contributed by atoms with Crippen LogP contribution in [0.15, 0.2) is 65.7 Å². The first-order valence-corrected chi connectivity index (χ1v) is 10.1. The summed E-state index contributed by atoms with van der Waals surface area (Å²) in [6.07, 6.45) is 2.07. The summed E-state index contributed by atoms with van der Waals surface area (Å²) < 4.78 is 38.0. The van der Waals surface area contributed by atoms with Gasteiger partial charge in [-0.2, -0.15) is 0 Å². The molecule has 172 valence electrons. The van der Waals surface area contributed by atoms with Gasteiger partial charge < -0.3 is 14.5 Å². The molecule has 0 bridgehead atoms.